The molecule has 1 saturated heterocycles. The Morgan fingerprint density at radius 2 is 1.72 bits per heavy atom. The fourth-order valence-corrected chi connectivity index (χ4v) is 4.90. The molecular weight excluding hydrogens is 529 g/mol. The van der Waals surface area contributed by atoms with Gasteiger partial charge in [0.25, 0.3) is 11.1 Å². The van der Waals surface area contributed by atoms with Gasteiger partial charge in [0.2, 0.25) is 0 Å². The van der Waals surface area contributed by atoms with Gasteiger partial charge in [-0.05, 0) is 42.0 Å². The molecule has 0 radical (unpaired) electrons. The second-order valence-corrected chi connectivity index (χ2v) is 9.65. The van der Waals surface area contributed by atoms with Crippen molar-refractivity contribution in [2.24, 2.45) is 0 Å². The lowest BCUT2D eigenvalue weighted by atomic mass is 10.1. The highest BCUT2D eigenvalue weighted by molar-refractivity contribution is 7.07. The average Bonchev–Trinajstić information content (AvgIpc) is 3.39. The zero-order valence-corrected chi connectivity index (χ0v) is 21.8. The van der Waals surface area contributed by atoms with E-state index in [0.29, 0.717) is 66.4 Å². The van der Waals surface area contributed by atoms with Crippen LogP contribution in [0.25, 0.3) is 0 Å². The molecule has 39 heavy (non-hydrogen) atoms. The van der Waals surface area contributed by atoms with Crippen molar-refractivity contribution in [2.75, 3.05) is 38.2 Å². The van der Waals surface area contributed by atoms with E-state index in [0.717, 1.165) is 29.2 Å². The number of rotatable bonds is 7. The Labute approximate surface area is 227 Å². The molecule has 2 heterocycles. The van der Waals surface area contributed by atoms with Crippen LogP contribution in [0.5, 0.6) is 16.7 Å². The molecule has 1 fully saturated rings. The van der Waals surface area contributed by atoms with Gasteiger partial charge in [-0.25, -0.2) is 0 Å². The van der Waals surface area contributed by atoms with E-state index < -0.39 is 11.7 Å². The van der Waals surface area contributed by atoms with E-state index in [1.807, 2.05) is 35.2 Å². The van der Waals surface area contributed by atoms with Crippen molar-refractivity contribution in [1.82, 2.24) is 14.3 Å². The summed E-state index contributed by atoms with van der Waals surface area (Å²) in [6.07, 6.45) is -3.81. The summed E-state index contributed by atoms with van der Waals surface area (Å²) in [5.41, 5.74) is 1.32. The minimum atomic E-state index is -4.40. The van der Waals surface area contributed by atoms with Crippen molar-refractivity contribution in [2.45, 2.75) is 12.6 Å². The predicted octanol–water partition coefficient (Wildman–Crippen LogP) is 5.91. The number of nitrogens with zero attached hydrogens (tertiary/aromatic N) is 4. The first-order valence-electron chi connectivity index (χ1n) is 12.2. The fourth-order valence-electron chi connectivity index (χ4n) is 4.34. The summed E-state index contributed by atoms with van der Waals surface area (Å²) < 4.78 is 55.0. The number of piperazine rings is 1. The predicted molar refractivity (Wildman–Crippen MR) is 142 cm³/mol. The number of anilines is 1. The normalized spacial score (nSPS) is 13.8. The van der Waals surface area contributed by atoms with Crippen LogP contribution in [0, 0.1) is 0 Å². The molecule has 0 atom stereocenters. The van der Waals surface area contributed by atoms with Crippen LogP contribution in [0.15, 0.2) is 72.8 Å². The van der Waals surface area contributed by atoms with E-state index in [4.69, 9.17) is 9.47 Å². The third-order valence-electron chi connectivity index (χ3n) is 6.37. The molecule has 202 valence electrons. The molecule has 4 aromatic rings. The molecule has 0 saturated carbocycles. The smallest absolute Gasteiger partial charge is 0.416 e. The first-order valence-corrected chi connectivity index (χ1v) is 13.0. The first-order chi connectivity index (χ1) is 18.8. The average molecular weight is 555 g/mol. The van der Waals surface area contributed by atoms with Crippen molar-refractivity contribution in [3.05, 3.63) is 95.3 Å². The Morgan fingerprint density at radius 3 is 2.44 bits per heavy atom. The van der Waals surface area contributed by atoms with Crippen LogP contribution < -0.4 is 14.4 Å². The van der Waals surface area contributed by atoms with Gasteiger partial charge in [-0.3, -0.25) is 4.79 Å². The van der Waals surface area contributed by atoms with Crippen LogP contribution in [0.2, 0.25) is 0 Å². The van der Waals surface area contributed by atoms with Crippen LogP contribution in [0.4, 0.5) is 18.9 Å². The number of hydrogen-bond donors (Lipinski definition) is 0. The molecule has 0 unspecified atom stereocenters. The number of carbonyl (C=O) groups is 1. The SMILES string of the molecule is COc1cc(C(=O)N2CCN(c3cccc(C(F)(F)F)c3)CC2)ccc1Oc1nc(Cc2ccccc2)ns1. The fraction of sp³-hybridized carbons (Fsp3) is 0.250. The Bertz CT molecular complexity index is 1440. The summed E-state index contributed by atoms with van der Waals surface area (Å²) in [5, 5.41) is 0.365. The number of carbonyl (C=O) groups excluding carboxylic acids is 1. The number of alkyl halides is 3. The molecule has 0 aliphatic carbocycles. The number of benzene rings is 3. The van der Waals surface area contributed by atoms with Crippen LogP contribution in [0.3, 0.4) is 0 Å². The zero-order valence-electron chi connectivity index (χ0n) is 21.0. The van der Waals surface area contributed by atoms with Gasteiger partial charge in [0, 0.05) is 55.4 Å². The highest BCUT2D eigenvalue weighted by Crippen LogP contribution is 2.34. The Balaban J connectivity index is 1.22. The van der Waals surface area contributed by atoms with Gasteiger partial charge in [0.15, 0.2) is 17.3 Å². The standard InChI is InChI=1S/C28H25F3N4O3S/c1-37-24-17-20(10-11-23(24)38-27-32-25(33-39-27)16-19-6-3-2-4-7-19)26(36)35-14-12-34(13-15-35)22-9-5-8-21(18-22)28(29,30)31/h2-11,17-18H,12-16H2,1H3. The van der Waals surface area contributed by atoms with Crippen molar-refractivity contribution >= 4 is 23.1 Å². The molecule has 0 N–H and O–H groups in total. The number of halogens is 3. The van der Waals surface area contributed by atoms with E-state index >= 15 is 0 Å². The highest BCUT2D eigenvalue weighted by atomic mass is 32.1. The number of aromatic nitrogens is 2. The van der Waals surface area contributed by atoms with Crippen LogP contribution in [0.1, 0.15) is 27.3 Å². The topological polar surface area (TPSA) is 67.8 Å². The summed E-state index contributed by atoms with van der Waals surface area (Å²) in [5.74, 6) is 1.25. The van der Waals surface area contributed by atoms with E-state index in [1.54, 1.807) is 29.2 Å². The molecule has 7 nitrogen and oxygen atoms in total. The first kappa shape index (κ1) is 26.5. The molecule has 1 aliphatic heterocycles. The van der Waals surface area contributed by atoms with E-state index in [1.165, 1.54) is 13.2 Å². The van der Waals surface area contributed by atoms with Gasteiger partial charge >= 0.3 is 6.18 Å². The molecule has 0 spiro atoms. The summed E-state index contributed by atoms with van der Waals surface area (Å²) in [4.78, 5) is 21.2. The largest absolute Gasteiger partial charge is 0.493 e. The van der Waals surface area contributed by atoms with Crippen molar-refractivity contribution in [1.29, 1.82) is 0 Å². The summed E-state index contributed by atoms with van der Waals surface area (Å²) in [7, 11) is 1.49. The monoisotopic (exact) mass is 554 g/mol. The molecule has 1 aliphatic rings. The van der Waals surface area contributed by atoms with E-state index in [9.17, 15) is 18.0 Å². The molecular formula is C28H25F3N4O3S. The van der Waals surface area contributed by atoms with E-state index in [2.05, 4.69) is 9.36 Å². The number of amides is 1. The Kier molecular flexibility index (Phi) is 7.69. The molecule has 3 aromatic carbocycles. The third kappa shape index (κ3) is 6.31. The quantitative estimate of drug-likeness (QED) is 0.283. The van der Waals surface area contributed by atoms with Crippen molar-refractivity contribution < 1.29 is 27.4 Å². The number of hydrogen-bond acceptors (Lipinski definition) is 7. The maximum absolute atomic E-state index is 13.2. The second-order valence-electron chi connectivity index (χ2n) is 8.93. The van der Waals surface area contributed by atoms with Gasteiger partial charge in [0.1, 0.15) is 0 Å². The third-order valence-corrected chi connectivity index (χ3v) is 7.00. The lowest BCUT2D eigenvalue weighted by Crippen LogP contribution is -2.48. The van der Waals surface area contributed by atoms with E-state index in [-0.39, 0.29) is 5.91 Å². The van der Waals surface area contributed by atoms with Gasteiger partial charge in [-0.2, -0.15) is 22.5 Å². The van der Waals surface area contributed by atoms with Crippen LogP contribution in [-0.2, 0) is 12.6 Å². The summed E-state index contributed by atoms with van der Waals surface area (Å²) in [6, 6.07) is 20.1. The minimum absolute atomic E-state index is 0.190. The van der Waals surface area contributed by atoms with Gasteiger partial charge in [-0.15, -0.1) is 0 Å². The maximum atomic E-state index is 13.2. The Hall–Kier alpha value is -4.12. The van der Waals surface area contributed by atoms with Crippen LogP contribution in [-0.4, -0.2) is 53.5 Å². The second kappa shape index (κ2) is 11.3. The minimum Gasteiger partial charge on any atom is -0.493 e. The molecule has 5 rings (SSSR count). The van der Waals surface area contributed by atoms with Crippen molar-refractivity contribution in [3.63, 3.8) is 0 Å². The Morgan fingerprint density at radius 1 is 0.949 bits per heavy atom. The van der Waals surface area contributed by atoms with Crippen molar-refractivity contribution in [3.8, 4) is 16.7 Å². The summed E-state index contributed by atoms with van der Waals surface area (Å²) >= 11 is 1.14. The van der Waals surface area contributed by atoms with Gasteiger partial charge in [0.05, 0.1) is 12.7 Å². The van der Waals surface area contributed by atoms with Gasteiger partial charge in [-0.1, -0.05) is 36.4 Å². The van der Waals surface area contributed by atoms with Gasteiger partial charge < -0.3 is 19.3 Å². The maximum Gasteiger partial charge on any atom is 0.416 e. The summed E-state index contributed by atoms with van der Waals surface area (Å²) in [6.45, 7) is 1.61. The number of methoxy groups -OCH3 is 1. The zero-order chi connectivity index (χ0) is 27.4. The lowest BCUT2D eigenvalue weighted by Gasteiger charge is -2.36. The molecule has 1 aromatic heterocycles. The molecule has 0 bridgehead atoms. The lowest BCUT2D eigenvalue weighted by molar-refractivity contribution is -0.137. The number of ether oxygens (including phenoxy) is 2. The highest BCUT2D eigenvalue weighted by Gasteiger charge is 2.31. The molecule has 11 heteroatoms. The molecule has 1 amide bonds. The van der Waals surface area contributed by atoms with Crippen LogP contribution >= 0.6 is 11.5 Å².